The molecule has 0 unspecified atom stereocenters. The number of halogens is 2. The molecule has 2 aromatic carbocycles. The van der Waals surface area contributed by atoms with Crippen molar-refractivity contribution in [2.75, 3.05) is 11.9 Å². The number of benzene rings is 2. The number of anilines is 1. The highest BCUT2D eigenvalue weighted by Gasteiger charge is 2.12. The highest BCUT2D eigenvalue weighted by molar-refractivity contribution is 7.15. The molecule has 0 fully saturated rings. The minimum Gasteiger partial charge on any atom is -0.493 e. The molecular formula is C19H17F2N3O2S. The highest BCUT2D eigenvalue weighted by Crippen LogP contribution is 2.18. The fraction of sp³-hybridized carbons (Fsp3) is 0.211. The van der Waals surface area contributed by atoms with Gasteiger partial charge in [0.25, 0.3) is 5.91 Å². The van der Waals surface area contributed by atoms with Crippen LogP contribution in [0, 0.1) is 11.6 Å². The van der Waals surface area contributed by atoms with Crippen molar-refractivity contribution >= 4 is 22.4 Å². The Morgan fingerprint density at radius 1 is 1.11 bits per heavy atom. The first kappa shape index (κ1) is 18.9. The Morgan fingerprint density at radius 2 is 1.89 bits per heavy atom. The van der Waals surface area contributed by atoms with Gasteiger partial charge in [0.2, 0.25) is 5.13 Å². The minimum absolute atomic E-state index is 0.00418. The molecule has 140 valence electrons. The molecule has 0 saturated heterocycles. The van der Waals surface area contributed by atoms with Crippen LogP contribution in [-0.4, -0.2) is 22.7 Å². The average molecular weight is 389 g/mol. The number of aryl methyl sites for hydroxylation is 1. The van der Waals surface area contributed by atoms with Crippen LogP contribution >= 0.6 is 11.3 Å². The van der Waals surface area contributed by atoms with Crippen LogP contribution in [0.2, 0.25) is 0 Å². The van der Waals surface area contributed by atoms with Gasteiger partial charge in [0.1, 0.15) is 10.8 Å². The molecule has 0 radical (unpaired) electrons. The zero-order valence-corrected chi connectivity index (χ0v) is 15.4. The topological polar surface area (TPSA) is 64.1 Å². The Bertz CT molecular complexity index is 929. The number of hydrogen-bond acceptors (Lipinski definition) is 5. The fourth-order valence-corrected chi connectivity index (χ4v) is 3.00. The molecule has 3 rings (SSSR count). The monoisotopic (exact) mass is 389 g/mol. The van der Waals surface area contributed by atoms with Crippen LogP contribution in [0.5, 0.6) is 5.75 Å². The molecule has 0 bridgehead atoms. The maximum absolute atomic E-state index is 13.2. The largest absolute Gasteiger partial charge is 0.493 e. The third kappa shape index (κ3) is 5.07. The number of nitrogens with zero attached hydrogens (tertiary/aromatic N) is 2. The van der Waals surface area contributed by atoms with Crippen molar-refractivity contribution in [3.63, 3.8) is 0 Å². The number of carbonyl (C=O) groups is 1. The van der Waals surface area contributed by atoms with Crippen molar-refractivity contribution in [1.82, 2.24) is 10.2 Å². The van der Waals surface area contributed by atoms with E-state index < -0.39 is 17.5 Å². The summed E-state index contributed by atoms with van der Waals surface area (Å²) >= 11 is 1.20. The first-order chi connectivity index (χ1) is 13.0. The van der Waals surface area contributed by atoms with E-state index in [0.717, 1.165) is 24.3 Å². The second kappa shape index (κ2) is 8.68. The van der Waals surface area contributed by atoms with Crippen LogP contribution in [0.1, 0.15) is 27.9 Å². The van der Waals surface area contributed by atoms with Crippen LogP contribution < -0.4 is 10.1 Å². The summed E-state index contributed by atoms with van der Waals surface area (Å²) in [6.45, 7) is 2.52. The Labute approximate surface area is 159 Å². The molecule has 0 aliphatic carbocycles. The van der Waals surface area contributed by atoms with E-state index in [4.69, 9.17) is 4.74 Å². The molecule has 0 spiro atoms. The van der Waals surface area contributed by atoms with Gasteiger partial charge in [0.05, 0.1) is 6.61 Å². The quantitative estimate of drug-likeness (QED) is 0.656. The SMILES string of the molecule is CCc1ccc(OCCc2nnc(NC(=O)c3ccc(F)c(F)c3)s2)cc1. The standard InChI is InChI=1S/C19H17F2N3O2S/c1-2-12-3-6-14(7-4-12)26-10-9-17-23-24-19(27-17)22-18(25)13-5-8-15(20)16(21)11-13/h3-8,11H,2,9-10H2,1H3,(H,22,24,25). The fourth-order valence-electron chi connectivity index (χ4n) is 2.29. The van der Waals surface area contributed by atoms with Gasteiger partial charge in [-0.2, -0.15) is 0 Å². The van der Waals surface area contributed by atoms with Gasteiger partial charge < -0.3 is 4.74 Å². The molecule has 3 aromatic rings. The molecule has 5 nitrogen and oxygen atoms in total. The summed E-state index contributed by atoms with van der Waals surface area (Å²) in [5, 5.41) is 11.4. The van der Waals surface area contributed by atoms with Crippen LogP contribution in [0.15, 0.2) is 42.5 Å². The van der Waals surface area contributed by atoms with Gasteiger partial charge >= 0.3 is 0 Å². The Balaban J connectivity index is 1.51. The first-order valence-corrected chi connectivity index (χ1v) is 9.17. The van der Waals surface area contributed by atoms with Crippen molar-refractivity contribution in [3.8, 4) is 5.75 Å². The van der Waals surface area contributed by atoms with Crippen LogP contribution in [-0.2, 0) is 12.8 Å². The van der Waals surface area contributed by atoms with E-state index in [1.165, 1.54) is 23.0 Å². The van der Waals surface area contributed by atoms with E-state index in [9.17, 15) is 13.6 Å². The lowest BCUT2D eigenvalue weighted by Crippen LogP contribution is -2.12. The number of aromatic nitrogens is 2. The van der Waals surface area contributed by atoms with E-state index in [0.29, 0.717) is 18.0 Å². The van der Waals surface area contributed by atoms with E-state index in [1.54, 1.807) is 0 Å². The molecule has 27 heavy (non-hydrogen) atoms. The predicted octanol–water partition coefficient (Wildman–Crippen LogP) is 4.25. The second-order valence-electron chi connectivity index (χ2n) is 5.68. The molecule has 1 heterocycles. The number of hydrogen-bond donors (Lipinski definition) is 1. The van der Waals surface area contributed by atoms with Gasteiger partial charge in [-0.1, -0.05) is 30.4 Å². The molecular weight excluding hydrogens is 372 g/mol. The van der Waals surface area contributed by atoms with Crippen LogP contribution in [0.4, 0.5) is 13.9 Å². The molecule has 1 aromatic heterocycles. The van der Waals surface area contributed by atoms with Gasteiger partial charge in [0, 0.05) is 12.0 Å². The highest BCUT2D eigenvalue weighted by atomic mass is 32.1. The smallest absolute Gasteiger partial charge is 0.257 e. The number of nitrogens with one attached hydrogen (secondary N) is 1. The van der Waals surface area contributed by atoms with Crippen molar-refractivity contribution in [2.24, 2.45) is 0 Å². The van der Waals surface area contributed by atoms with E-state index in [2.05, 4.69) is 22.4 Å². The van der Waals surface area contributed by atoms with Crippen molar-refractivity contribution < 1.29 is 18.3 Å². The van der Waals surface area contributed by atoms with E-state index in [-0.39, 0.29) is 10.7 Å². The van der Waals surface area contributed by atoms with Crippen molar-refractivity contribution in [3.05, 3.63) is 70.2 Å². The van der Waals surface area contributed by atoms with Crippen LogP contribution in [0.3, 0.4) is 0 Å². The molecule has 1 amide bonds. The Hall–Kier alpha value is -2.87. The number of rotatable bonds is 7. The lowest BCUT2D eigenvalue weighted by Gasteiger charge is -2.05. The summed E-state index contributed by atoms with van der Waals surface area (Å²) < 4.78 is 31.8. The third-order valence-corrected chi connectivity index (χ3v) is 4.68. The van der Waals surface area contributed by atoms with Gasteiger partial charge in [-0.05, 0) is 42.3 Å². The van der Waals surface area contributed by atoms with Gasteiger partial charge in [-0.15, -0.1) is 10.2 Å². The summed E-state index contributed by atoms with van der Waals surface area (Å²) in [5.41, 5.74) is 1.25. The summed E-state index contributed by atoms with van der Waals surface area (Å²) in [6.07, 6.45) is 1.51. The molecule has 1 N–H and O–H groups in total. The lowest BCUT2D eigenvalue weighted by molar-refractivity contribution is 0.102. The summed E-state index contributed by atoms with van der Waals surface area (Å²) in [6, 6.07) is 10.8. The zero-order valence-electron chi connectivity index (χ0n) is 14.5. The van der Waals surface area contributed by atoms with E-state index >= 15 is 0 Å². The molecule has 0 atom stereocenters. The molecule has 0 saturated carbocycles. The molecule has 8 heteroatoms. The average Bonchev–Trinajstić information content (AvgIpc) is 3.11. The lowest BCUT2D eigenvalue weighted by atomic mass is 10.2. The third-order valence-electron chi connectivity index (χ3n) is 3.79. The summed E-state index contributed by atoms with van der Waals surface area (Å²) in [7, 11) is 0. The van der Waals surface area contributed by atoms with Crippen molar-refractivity contribution in [1.29, 1.82) is 0 Å². The summed E-state index contributed by atoms with van der Waals surface area (Å²) in [5.74, 6) is -1.88. The maximum atomic E-state index is 13.2. The Kier molecular flexibility index (Phi) is 6.08. The van der Waals surface area contributed by atoms with Crippen molar-refractivity contribution in [2.45, 2.75) is 19.8 Å². The molecule has 0 aliphatic rings. The minimum atomic E-state index is -1.08. The maximum Gasteiger partial charge on any atom is 0.257 e. The normalized spacial score (nSPS) is 10.6. The number of ether oxygens (including phenoxy) is 1. The van der Waals surface area contributed by atoms with Crippen LogP contribution in [0.25, 0.3) is 0 Å². The van der Waals surface area contributed by atoms with Gasteiger partial charge in [-0.3, -0.25) is 10.1 Å². The first-order valence-electron chi connectivity index (χ1n) is 8.35. The second-order valence-corrected chi connectivity index (χ2v) is 6.74. The molecule has 0 aliphatic heterocycles. The Morgan fingerprint density at radius 3 is 2.59 bits per heavy atom. The summed E-state index contributed by atoms with van der Waals surface area (Å²) in [4.78, 5) is 12.1. The van der Waals surface area contributed by atoms with Gasteiger partial charge in [0.15, 0.2) is 11.6 Å². The number of amides is 1. The van der Waals surface area contributed by atoms with E-state index in [1.807, 2.05) is 24.3 Å². The predicted molar refractivity (Wildman–Crippen MR) is 99.2 cm³/mol. The zero-order chi connectivity index (χ0) is 19.2. The number of carbonyl (C=O) groups excluding carboxylic acids is 1. The van der Waals surface area contributed by atoms with Gasteiger partial charge in [-0.25, -0.2) is 8.78 Å².